The predicted octanol–water partition coefficient (Wildman–Crippen LogP) is 2.29. The summed E-state index contributed by atoms with van der Waals surface area (Å²) in [7, 11) is 0. The fraction of sp³-hybridized carbons (Fsp3) is 1.00. The quantitative estimate of drug-likeness (QED) is 0.782. The van der Waals surface area contributed by atoms with E-state index < -0.39 is 5.79 Å². The Balaban J connectivity index is 2.51. The van der Waals surface area contributed by atoms with Gasteiger partial charge in [-0.25, -0.2) is 0 Å². The second-order valence-electron chi connectivity index (χ2n) is 5.32. The Morgan fingerprint density at radius 1 is 1.27 bits per heavy atom. The summed E-state index contributed by atoms with van der Waals surface area (Å²) >= 11 is 0. The van der Waals surface area contributed by atoms with Crippen LogP contribution in [0, 0.1) is 5.92 Å². The maximum absolute atomic E-state index is 5.90. The lowest BCUT2D eigenvalue weighted by Gasteiger charge is -2.41. The van der Waals surface area contributed by atoms with Crippen molar-refractivity contribution in [2.24, 2.45) is 11.7 Å². The second kappa shape index (κ2) is 5.28. The van der Waals surface area contributed by atoms with Gasteiger partial charge in [0.1, 0.15) is 0 Å². The molecule has 2 atom stereocenters. The molecule has 15 heavy (non-hydrogen) atoms. The molecule has 0 saturated carbocycles. The van der Waals surface area contributed by atoms with E-state index in [1.54, 1.807) is 0 Å². The van der Waals surface area contributed by atoms with E-state index in [1.165, 1.54) is 0 Å². The lowest BCUT2D eigenvalue weighted by molar-refractivity contribution is -0.301. The highest BCUT2D eigenvalue weighted by Gasteiger charge is 2.34. The minimum atomic E-state index is -0.447. The minimum Gasteiger partial charge on any atom is -0.347 e. The van der Waals surface area contributed by atoms with Gasteiger partial charge in [-0.2, -0.15) is 0 Å². The van der Waals surface area contributed by atoms with E-state index in [0.717, 1.165) is 19.3 Å². The Morgan fingerprint density at radius 3 is 2.40 bits per heavy atom. The minimum absolute atomic E-state index is 0.266. The van der Waals surface area contributed by atoms with Crippen LogP contribution >= 0.6 is 0 Å². The molecule has 1 aliphatic heterocycles. The summed E-state index contributed by atoms with van der Waals surface area (Å²) in [6.07, 6.45) is 3.61. The van der Waals surface area contributed by atoms with E-state index in [1.807, 2.05) is 13.8 Å². The molecule has 0 aromatic heterocycles. The van der Waals surface area contributed by atoms with Crippen LogP contribution in [0.25, 0.3) is 0 Å². The molecule has 1 fully saturated rings. The molecule has 0 bridgehead atoms. The van der Waals surface area contributed by atoms with Crippen LogP contribution in [0.4, 0.5) is 0 Å². The Bertz CT molecular complexity index is 192. The second-order valence-corrected chi connectivity index (χ2v) is 5.32. The lowest BCUT2D eigenvalue weighted by Crippen LogP contribution is -2.45. The lowest BCUT2D eigenvalue weighted by atomic mass is 9.98. The first-order valence-corrected chi connectivity index (χ1v) is 5.98. The Morgan fingerprint density at radius 2 is 1.87 bits per heavy atom. The zero-order valence-corrected chi connectivity index (χ0v) is 10.5. The average Bonchev–Trinajstić information content (AvgIpc) is 1.99. The van der Waals surface area contributed by atoms with Crippen molar-refractivity contribution in [3.63, 3.8) is 0 Å². The number of ether oxygens (including phenoxy) is 2. The normalized spacial score (nSPS) is 30.8. The van der Waals surface area contributed by atoms with Crippen LogP contribution in [0.5, 0.6) is 0 Å². The zero-order valence-electron chi connectivity index (χ0n) is 10.5. The maximum Gasteiger partial charge on any atom is 0.163 e. The van der Waals surface area contributed by atoms with Crippen molar-refractivity contribution in [3.05, 3.63) is 0 Å². The van der Waals surface area contributed by atoms with E-state index in [9.17, 15) is 0 Å². The standard InChI is InChI=1S/C12H25NO2/c1-9(2)7-11-8-10(5-6-13)14-12(3,4)15-11/h9-11H,5-8,13H2,1-4H3/t10-,11-/m1/s1. The number of hydrogen-bond acceptors (Lipinski definition) is 3. The Kier molecular flexibility index (Phi) is 4.56. The van der Waals surface area contributed by atoms with E-state index >= 15 is 0 Å². The summed E-state index contributed by atoms with van der Waals surface area (Å²) in [6, 6.07) is 0. The highest BCUT2D eigenvalue weighted by Crippen LogP contribution is 2.30. The molecule has 90 valence electrons. The van der Waals surface area contributed by atoms with Gasteiger partial charge in [-0.05, 0) is 39.2 Å². The van der Waals surface area contributed by atoms with E-state index in [4.69, 9.17) is 15.2 Å². The van der Waals surface area contributed by atoms with Gasteiger partial charge in [0.25, 0.3) is 0 Å². The van der Waals surface area contributed by atoms with Crippen LogP contribution in [0.1, 0.15) is 47.0 Å². The van der Waals surface area contributed by atoms with Crippen LogP contribution in [-0.2, 0) is 9.47 Å². The third kappa shape index (κ3) is 4.49. The summed E-state index contributed by atoms with van der Waals surface area (Å²) in [5, 5.41) is 0. The van der Waals surface area contributed by atoms with Gasteiger partial charge in [0.05, 0.1) is 12.2 Å². The van der Waals surface area contributed by atoms with Crippen molar-refractivity contribution in [1.82, 2.24) is 0 Å². The van der Waals surface area contributed by atoms with Crippen molar-refractivity contribution in [2.75, 3.05) is 6.54 Å². The molecule has 1 saturated heterocycles. The molecule has 0 aliphatic carbocycles. The van der Waals surface area contributed by atoms with Gasteiger partial charge in [0, 0.05) is 6.42 Å². The van der Waals surface area contributed by atoms with Gasteiger partial charge in [-0.1, -0.05) is 13.8 Å². The molecule has 0 unspecified atom stereocenters. The zero-order chi connectivity index (χ0) is 11.5. The van der Waals surface area contributed by atoms with Crippen LogP contribution in [0.15, 0.2) is 0 Å². The predicted molar refractivity (Wildman–Crippen MR) is 61.6 cm³/mol. The van der Waals surface area contributed by atoms with Crippen LogP contribution < -0.4 is 5.73 Å². The van der Waals surface area contributed by atoms with Gasteiger partial charge in [-0.15, -0.1) is 0 Å². The smallest absolute Gasteiger partial charge is 0.163 e. The molecule has 3 heteroatoms. The fourth-order valence-corrected chi connectivity index (χ4v) is 2.25. The molecule has 1 rings (SSSR count). The monoisotopic (exact) mass is 215 g/mol. The summed E-state index contributed by atoms with van der Waals surface area (Å²) in [6.45, 7) is 9.12. The molecule has 0 aromatic rings. The molecular weight excluding hydrogens is 190 g/mol. The number of hydrogen-bond donors (Lipinski definition) is 1. The molecule has 3 nitrogen and oxygen atoms in total. The average molecular weight is 215 g/mol. The van der Waals surface area contributed by atoms with Gasteiger partial charge >= 0.3 is 0 Å². The van der Waals surface area contributed by atoms with Crippen molar-refractivity contribution in [2.45, 2.75) is 65.0 Å². The van der Waals surface area contributed by atoms with E-state index in [2.05, 4.69) is 13.8 Å². The van der Waals surface area contributed by atoms with Crippen molar-refractivity contribution < 1.29 is 9.47 Å². The van der Waals surface area contributed by atoms with Crippen LogP contribution in [-0.4, -0.2) is 24.5 Å². The van der Waals surface area contributed by atoms with Crippen LogP contribution in [0.2, 0.25) is 0 Å². The highest BCUT2D eigenvalue weighted by molar-refractivity contribution is 4.77. The molecule has 1 aliphatic rings. The van der Waals surface area contributed by atoms with Gasteiger partial charge in [0.2, 0.25) is 0 Å². The Labute approximate surface area is 93.3 Å². The molecule has 0 radical (unpaired) electrons. The first-order valence-electron chi connectivity index (χ1n) is 5.98. The summed E-state index contributed by atoms with van der Waals surface area (Å²) in [5.74, 6) is 0.222. The van der Waals surface area contributed by atoms with E-state index in [-0.39, 0.29) is 6.10 Å². The molecule has 2 N–H and O–H groups in total. The van der Waals surface area contributed by atoms with E-state index in [0.29, 0.717) is 18.6 Å². The van der Waals surface area contributed by atoms with Crippen molar-refractivity contribution in [1.29, 1.82) is 0 Å². The SMILES string of the molecule is CC(C)C[C@@H]1C[C@@H](CCN)OC(C)(C)O1. The van der Waals surface area contributed by atoms with Crippen molar-refractivity contribution >= 4 is 0 Å². The number of rotatable bonds is 4. The maximum atomic E-state index is 5.90. The Hall–Kier alpha value is -0.120. The molecule has 0 aromatic carbocycles. The molecule has 0 spiro atoms. The largest absolute Gasteiger partial charge is 0.347 e. The molecule has 0 amide bonds. The summed E-state index contributed by atoms with van der Waals surface area (Å²) in [5.41, 5.74) is 5.57. The molecule has 1 heterocycles. The van der Waals surface area contributed by atoms with Crippen molar-refractivity contribution in [3.8, 4) is 0 Å². The van der Waals surface area contributed by atoms with Gasteiger partial charge < -0.3 is 15.2 Å². The number of nitrogens with two attached hydrogens (primary N) is 1. The third-order valence-corrected chi connectivity index (χ3v) is 2.65. The van der Waals surface area contributed by atoms with Gasteiger partial charge in [-0.3, -0.25) is 0 Å². The van der Waals surface area contributed by atoms with Crippen LogP contribution in [0.3, 0.4) is 0 Å². The van der Waals surface area contributed by atoms with Gasteiger partial charge in [0.15, 0.2) is 5.79 Å². The summed E-state index contributed by atoms with van der Waals surface area (Å²) < 4.78 is 11.7. The fourth-order valence-electron chi connectivity index (χ4n) is 2.25. The molecular formula is C12H25NO2. The first kappa shape index (κ1) is 12.9. The topological polar surface area (TPSA) is 44.5 Å². The highest BCUT2D eigenvalue weighted by atomic mass is 16.7. The first-order chi connectivity index (χ1) is 6.93. The summed E-state index contributed by atoms with van der Waals surface area (Å²) in [4.78, 5) is 0. The third-order valence-electron chi connectivity index (χ3n) is 2.65.